The molecule has 0 unspecified atom stereocenters. The Bertz CT molecular complexity index is 4370. The van der Waals surface area contributed by atoms with Crippen LogP contribution in [0.1, 0.15) is 120 Å². The van der Waals surface area contributed by atoms with Crippen LogP contribution in [0, 0.1) is 83.1 Å². The normalized spacial score (nSPS) is 11.1. The van der Waals surface area contributed by atoms with Crippen LogP contribution in [0.4, 0.5) is 11.4 Å². The summed E-state index contributed by atoms with van der Waals surface area (Å²) in [6.45, 7) is 29.7. The average molecular weight is 1170 g/mol. The van der Waals surface area contributed by atoms with E-state index in [-0.39, 0.29) is 5.97 Å². The van der Waals surface area contributed by atoms with E-state index in [2.05, 4.69) is 99.0 Å². The lowest BCUT2D eigenvalue weighted by atomic mass is 9.96. The lowest BCUT2D eigenvalue weighted by Crippen LogP contribution is -2.05. The lowest BCUT2D eigenvalue weighted by Gasteiger charge is -2.17. The van der Waals surface area contributed by atoms with Gasteiger partial charge >= 0.3 is 17.9 Å². The zero-order chi connectivity index (χ0) is 60.6. The van der Waals surface area contributed by atoms with Crippen LogP contribution in [0.15, 0.2) is 72.8 Å². The molecule has 5 aromatic heterocycles. The molecule has 0 bridgehead atoms. The van der Waals surface area contributed by atoms with E-state index in [4.69, 9.17) is 25.2 Å². The first-order valence-electron chi connectivity index (χ1n) is 27.4. The number of fused-ring (bicyclic) bond motifs is 5. The molecule has 430 valence electrons. The second-order valence-electron chi connectivity index (χ2n) is 20.7. The van der Waals surface area contributed by atoms with Gasteiger partial charge in [-0.15, -0.1) is 34.0 Å². The molecule has 13 nitrogen and oxygen atoms in total. The van der Waals surface area contributed by atoms with Crippen LogP contribution in [0.3, 0.4) is 0 Å². The highest BCUT2D eigenvalue weighted by atomic mass is 32.1. The minimum Gasteiger partial charge on any atom is -0.477 e. The van der Waals surface area contributed by atoms with Gasteiger partial charge in [-0.1, -0.05) is 54.6 Å². The van der Waals surface area contributed by atoms with E-state index in [9.17, 15) is 24.3 Å². The number of aromatic nitrogens is 4. The molecule has 11 rings (SSSR count). The zero-order valence-corrected chi connectivity index (χ0v) is 52.9. The Morgan fingerprint density at radius 2 is 0.892 bits per heavy atom. The molecule has 16 heteroatoms. The Morgan fingerprint density at radius 3 is 1.33 bits per heavy atom. The Labute approximate surface area is 496 Å². The summed E-state index contributed by atoms with van der Waals surface area (Å²) in [5, 5.41) is 15.7. The van der Waals surface area contributed by atoms with E-state index < -0.39 is 11.9 Å². The van der Waals surface area contributed by atoms with Crippen LogP contribution in [-0.4, -0.2) is 68.7 Å². The highest BCUT2D eigenvalue weighted by Gasteiger charge is 2.28. The fourth-order valence-corrected chi connectivity index (χ4v) is 14.1. The van der Waals surface area contributed by atoms with Crippen molar-refractivity contribution in [3.63, 3.8) is 0 Å². The SMILES string of the molecule is CCOC(=O)c1sc2ccccc2c1-c1nc2c(C)c(C)c(C)c(C)c2n1C.CCOC(=O)c1sc2ccccc2c1C=O.CNc1c(C)c(C)c(C)c(C)c1N.Cc1c(C)c(C)c2c(nc(-c3c(C(=O)O)sc4ccccc34)n2C)c1C. The molecule has 83 heavy (non-hydrogen) atoms. The predicted octanol–water partition coefficient (Wildman–Crippen LogP) is 16.7. The molecule has 0 aliphatic carbocycles. The summed E-state index contributed by atoms with van der Waals surface area (Å²) in [6.07, 6.45) is 0.713. The van der Waals surface area contributed by atoms with Gasteiger partial charge in [-0.3, -0.25) is 4.79 Å². The van der Waals surface area contributed by atoms with E-state index in [1.54, 1.807) is 6.92 Å². The van der Waals surface area contributed by atoms with Crippen molar-refractivity contribution in [2.45, 2.75) is 96.9 Å². The summed E-state index contributed by atoms with van der Waals surface area (Å²) >= 11 is 4.07. The third-order valence-electron chi connectivity index (χ3n) is 16.5. The van der Waals surface area contributed by atoms with Crippen LogP contribution < -0.4 is 11.1 Å². The van der Waals surface area contributed by atoms with Crippen LogP contribution in [0.25, 0.3) is 75.1 Å². The fraction of sp³-hybridized carbons (Fsp3) is 0.284. The van der Waals surface area contributed by atoms with Gasteiger partial charge in [0, 0.05) is 57.0 Å². The number of thiophene rings is 3. The van der Waals surface area contributed by atoms with Crippen molar-refractivity contribution in [3.8, 4) is 22.8 Å². The molecular weight excluding hydrogens is 1100 g/mol. The Balaban J connectivity index is 0.000000151. The van der Waals surface area contributed by atoms with Gasteiger partial charge in [-0.25, -0.2) is 24.4 Å². The first-order chi connectivity index (χ1) is 39.5. The summed E-state index contributed by atoms with van der Waals surface area (Å²) in [4.78, 5) is 58.6. The molecule has 0 saturated heterocycles. The number of nitrogen functional groups attached to an aromatic ring is 1. The summed E-state index contributed by atoms with van der Waals surface area (Å²) in [5.41, 5.74) is 29.0. The number of nitrogens with zero attached hydrogens (tertiary/aromatic N) is 4. The fourth-order valence-electron chi connectivity index (χ4n) is 10.9. The summed E-state index contributed by atoms with van der Waals surface area (Å²) in [6, 6.07) is 23.3. The van der Waals surface area contributed by atoms with Gasteiger partial charge in [0.1, 0.15) is 26.3 Å². The standard InChI is InChI=1S/C23H24N2O2S.C21H20N2O2S.C12H10O3S.C11H18N2/c1-7-27-23(26)21-18(16-10-8-9-11-17(16)28-21)22-24-19-14(4)12(2)13(3)15(5)20(19)25(22)6;1-10-11(2)13(4)18-17(12(10)3)22-20(23(18)5)16-14-8-6-7-9-15(14)26-19(16)21(24)25;1-2-15-12(14)11-9(7-13)8-5-3-4-6-10(8)16-11;1-6-7(2)9(4)11(13-5)10(12)8(6)3/h8-11H,7H2,1-6H3;6-9H,1-5H3,(H,24,25);3-7H,2H2,1H3;13H,12H2,1-5H3. The monoisotopic (exact) mass is 1170 g/mol. The maximum Gasteiger partial charge on any atom is 0.349 e. The first-order valence-corrected chi connectivity index (χ1v) is 29.9. The number of imidazole rings is 2. The first kappa shape index (κ1) is 60.9. The number of anilines is 2. The number of ether oxygens (including phenoxy) is 2. The van der Waals surface area contributed by atoms with Crippen molar-refractivity contribution < 1.29 is 33.8 Å². The summed E-state index contributed by atoms with van der Waals surface area (Å²) in [7, 11) is 5.92. The Morgan fingerprint density at radius 1 is 0.530 bits per heavy atom. The lowest BCUT2D eigenvalue weighted by molar-refractivity contribution is 0.0522. The number of aromatic carboxylic acids is 1. The number of hydrogen-bond donors (Lipinski definition) is 3. The molecule has 5 heterocycles. The van der Waals surface area contributed by atoms with Gasteiger partial charge in [0.25, 0.3) is 0 Å². The number of carboxylic acid groups (broad SMARTS) is 1. The van der Waals surface area contributed by atoms with Crippen LogP contribution in [-0.2, 0) is 23.6 Å². The topological polar surface area (TPSA) is 181 Å². The van der Waals surface area contributed by atoms with Crippen molar-refractivity contribution in [3.05, 3.63) is 160 Å². The highest BCUT2D eigenvalue weighted by Crippen LogP contribution is 2.43. The molecule has 0 aliphatic heterocycles. The maximum atomic E-state index is 12.7. The number of hydrogen-bond acceptors (Lipinski definition) is 13. The van der Waals surface area contributed by atoms with Crippen LogP contribution in [0.5, 0.6) is 0 Å². The van der Waals surface area contributed by atoms with Crippen LogP contribution >= 0.6 is 34.0 Å². The molecular formula is C67H72N6O7S3. The second kappa shape index (κ2) is 24.7. The van der Waals surface area contributed by atoms with Crippen LogP contribution in [0.2, 0.25) is 0 Å². The van der Waals surface area contributed by atoms with Gasteiger partial charge in [-0.2, -0.15) is 0 Å². The van der Waals surface area contributed by atoms with E-state index in [0.717, 1.165) is 80.7 Å². The van der Waals surface area contributed by atoms with Crippen molar-refractivity contribution in [1.82, 2.24) is 19.1 Å². The molecule has 0 aliphatic rings. The number of benzene rings is 6. The summed E-state index contributed by atoms with van der Waals surface area (Å²) < 4.78 is 17.4. The number of carbonyl (C=O) groups is 4. The minimum absolute atomic E-state index is 0.286. The molecule has 4 N–H and O–H groups in total. The van der Waals surface area contributed by atoms with E-state index in [1.807, 2.05) is 99.4 Å². The Hall–Kier alpha value is -8.18. The number of carboxylic acids is 1. The molecule has 0 saturated carbocycles. The third kappa shape index (κ3) is 10.9. The van der Waals surface area contributed by atoms with E-state index in [0.29, 0.717) is 51.1 Å². The number of aryl methyl sites for hydroxylation is 6. The van der Waals surface area contributed by atoms with Gasteiger partial charge in [0.2, 0.25) is 0 Å². The number of carbonyl (C=O) groups excluding carboxylic acids is 3. The molecule has 6 aromatic carbocycles. The minimum atomic E-state index is -0.908. The number of rotatable bonds is 9. The Kier molecular flexibility index (Phi) is 18.1. The number of aldehydes is 1. The number of esters is 2. The van der Waals surface area contributed by atoms with Gasteiger partial charge < -0.3 is 34.8 Å². The predicted molar refractivity (Wildman–Crippen MR) is 346 cm³/mol. The van der Waals surface area contributed by atoms with Crippen molar-refractivity contribution in [1.29, 1.82) is 0 Å². The third-order valence-corrected chi connectivity index (χ3v) is 20.0. The summed E-state index contributed by atoms with van der Waals surface area (Å²) in [5.74, 6) is -0.0934. The highest BCUT2D eigenvalue weighted by molar-refractivity contribution is 7.22. The zero-order valence-electron chi connectivity index (χ0n) is 50.4. The van der Waals surface area contributed by atoms with Gasteiger partial charge in [0.05, 0.1) is 57.8 Å². The van der Waals surface area contributed by atoms with Gasteiger partial charge in [0.15, 0.2) is 6.29 Å². The van der Waals surface area contributed by atoms with Gasteiger partial charge in [-0.05, 0) is 182 Å². The van der Waals surface area contributed by atoms with E-state index in [1.165, 1.54) is 95.2 Å². The largest absolute Gasteiger partial charge is 0.477 e. The number of nitrogens with two attached hydrogens (primary N) is 1. The molecule has 0 radical (unpaired) electrons. The molecule has 0 amide bonds. The smallest absolute Gasteiger partial charge is 0.349 e. The molecule has 11 aromatic rings. The molecule has 0 atom stereocenters. The van der Waals surface area contributed by atoms with Crippen molar-refractivity contribution >= 4 is 122 Å². The molecule has 0 spiro atoms. The van der Waals surface area contributed by atoms with E-state index >= 15 is 0 Å². The average Bonchev–Trinajstić information content (AvgIpc) is 2.83. The van der Waals surface area contributed by atoms with Crippen molar-refractivity contribution in [2.75, 3.05) is 31.3 Å². The quantitative estimate of drug-likeness (QED) is 0.0711. The number of nitrogens with one attached hydrogen (secondary N) is 1. The second-order valence-corrected chi connectivity index (χ2v) is 23.9. The molecule has 0 fully saturated rings. The maximum absolute atomic E-state index is 12.7. The van der Waals surface area contributed by atoms with Crippen molar-refractivity contribution in [2.24, 2.45) is 14.1 Å².